The van der Waals surface area contributed by atoms with Crippen molar-refractivity contribution in [3.8, 4) is 11.5 Å². The van der Waals surface area contributed by atoms with E-state index >= 15 is 0 Å². The second kappa shape index (κ2) is 11.3. The third kappa shape index (κ3) is 5.40. The second-order valence-electron chi connectivity index (χ2n) is 9.11. The number of amides is 3. The summed E-state index contributed by atoms with van der Waals surface area (Å²) in [5, 5.41) is 2.68. The highest BCUT2D eigenvalue weighted by atomic mass is 16.5. The van der Waals surface area contributed by atoms with Gasteiger partial charge in [-0.2, -0.15) is 0 Å². The van der Waals surface area contributed by atoms with Crippen LogP contribution in [0.15, 0.2) is 84.9 Å². The molecular weight excluding hydrogens is 502 g/mol. The number of carbonyl (C=O) groups excluding carboxylic acids is 4. The molecule has 5 rings (SSSR count). The maximum absolute atomic E-state index is 13.5. The van der Waals surface area contributed by atoms with E-state index in [0.29, 0.717) is 17.1 Å². The molecule has 2 aliphatic heterocycles. The maximum atomic E-state index is 13.5. The van der Waals surface area contributed by atoms with E-state index < -0.39 is 41.9 Å². The first-order valence-electron chi connectivity index (χ1n) is 12.4. The van der Waals surface area contributed by atoms with Gasteiger partial charge in [0, 0.05) is 12.1 Å². The monoisotopic (exact) mass is 529 g/mol. The number of para-hydroxylation sites is 1. The Kier molecular flexibility index (Phi) is 7.44. The van der Waals surface area contributed by atoms with Crippen LogP contribution < -0.4 is 14.8 Å². The molecule has 3 atom stereocenters. The number of esters is 1. The zero-order valence-electron chi connectivity index (χ0n) is 21.2. The van der Waals surface area contributed by atoms with Crippen molar-refractivity contribution < 1.29 is 33.4 Å². The standard InChI is InChI=1S/C29H27N3O7/c1-37-21-14-12-20(13-15-21)27(34)31-16-23-25(30-24(33)18-38-22-10-6-3-7-11-22)28(35)32(23)26(31)29(36)39-17-19-8-4-2-5-9-19/h2-15,23,25-26H,16-18H2,1H3,(H,30,33)/t23?,25-,26?/m0/s1. The molecule has 1 N–H and O–H groups in total. The van der Waals surface area contributed by atoms with Crippen molar-refractivity contribution in [2.24, 2.45) is 0 Å². The molecule has 2 fully saturated rings. The molecule has 2 unspecified atom stereocenters. The first-order chi connectivity index (χ1) is 19.0. The number of ether oxygens (including phenoxy) is 3. The maximum Gasteiger partial charge on any atom is 0.350 e. The summed E-state index contributed by atoms with van der Waals surface area (Å²) in [5.41, 5.74) is 1.09. The minimum absolute atomic E-state index is 0.00950. The molecule has 10 heteroatoms. The van der Waals surface area contributed by atoms with Gasteiger partial charge in [0.15, 0.2) is 6.61 Å². The van der Waals surface area contributed by atoms with Gasteiger partial charge in [0.25, 0.3) is 11.8 Å². The summed E-state index contributed by atoms with van der Waals surface area (Å²) in [5.74, 6) is -1.04. The summed E-state index contributed by atoms with van der Waals surface area (Å²) < 4.78 is 16.1. The summed E-state index contributed by atoms with van der Waals surface area (Å²) in [6.45, 7) is -0.242. The average molecular weight is 530 g/mol. The summed E-state index contributed by atoms with van der Waals surface area (Å²) >= 11 is 0. The van der Waals surface area contributed by atoms with Crippen LogP contribution in [0.3, 0.4) is 0 Å². The molecule has 0 saturated carbocycles. The Morgan fingerprint density at radius 1 is 0.897 bits per heavy atom. The lowest BCUT2D eigenvalue weighted by Gasteiger charge is -2.43. The van der Waals surface area contributed by atoms with E-state index in [-0.39, 0.29) is 19.8 Å². The Balaban J connectivity index is 1.30. The lowest BCUT2D eigenvalue weighted by atomic mass is 9.96. The van der Waals surface area contributed by atoms with Gasteiger partial charge in [-0.3, -0.25) is 14.4 Å². The number of nitrogens with zero attached hydrogens (tertiary/aromatic N) is 2. The van der Waals surface area contributed by atoms with E-state index in [9.17, 15) is 19.2 Å². The third-order valence-corrected chi connectivity index (χ3v) is 6.67. The van der Waals surface area contributed by atoms with Crippen LogP contribution in [-0.2, 0) is 25.7 Å². The van der Waals surface area contributed by atoms with Gasteiger partial charge in [0.1, 0.15) is 24.1 Å². The lowest BCUT2D eigenvalue weighted by molar-refractivity contribution is -0.167. The highest BCUT2D eigenvalue weighted by molar-refractivity contribution is 6.02. The summed E-state index contributed by atoms with van der Waals surface area (Å²) in [6.07, 6.45) is -1.26. The fraction of sp³-hybridized carbons (Fsp3) is 0.241. The molecule has 0 spiro atoms. The average Bonchev–Trinajstić information content (AvgIpc) is 3.35. The van der Waals surface area contributed by atoms with E-state index in [2.05, 4.69) is 5.32 Å². The zero-order chi connectivity index (χ0) is 27.4. The molecule has 0 aromatic heterocycles. The highest BCUT2D eigenvalue weighted by Gasteiger charge is 2.61. The van der Waals surface area contributed by atoms with Gasteiger partial charge < -0.3 is 29.3 Å². The van der Waals surface area contributed by atoms with E-state index in [1.807, 2.05) is 36.4 Å². The van der Waals surface area contributed by atoms with Crippen LogP contribution in [0.2, 0.25) is 0 Å². The fourth-order valence-electron chi connectivity index (χ4n) is 4.69. The van der Waals surface area contributed by atoms with Crippen molar-refractivity contribution in [1.29, 1.82) is 0 Å². The minimum Gasteiger partial charge on any atom is -0.497 e. The van der Waals surface area contributed by atoms with Crippen LogP contribution in [-0.4, -0.2) is 72.0 Å². The Hall–Kier alpha value is -4.86. The fourth-order valence-corrected chi connectivity index (χ4v) is 4.69. The van der Waals surface area contributed by atoms with Crippen LogP contribution in [0.5, 0.6) is 11.5 Å². The predicted molar refractivity (Wildman–Crippen MR) is 139 cm³/mol. The number of carbonyl (C=O) groups is 4. The number of β-lactam (4-membered cyclic amide) rings is 1. The third-order valence-electron chi connectivity index (χ3n) is 6.67. The molecule has 3 aromatic carbocycles. The van der Waals surface area contributed by atoms with Crippen molar-refractivity contribution in [2.45, 2.75) is 24.9 Å². The van der Waals surface area contributed by atoms with Crippen LogP contribution in [0.4, 0.5) is 0 Å². The molecule has 0 radical (unpaired) electrons. The molecule has 200 valence electrons. The van der Waals surface area contributed by atoms with Gasteiger partial charge in [-0.25, -0.2) is 4.79 Å². The van der Waals surface area contributed by atoms with E-state index in [1.54, 1.807) is 48.5 Å². The van der Waals surface area contributed by atoms with Crippen LogP contribution in [0.25, 0.3) is 0 Å². The van der Waals surface area contributed by atoms with E-state index in [0.717, 1.165) is 5.56 Å². The molecule has 2 aliphatic rings. The lowest BCUT2D eigenvalue weighted by Crippen LogP contribution is -2.71. The van der Waals surface area contributed by atoms with Gasteiger partial charge in [0.05, 0.1) is 13.2 Å². The van der Waals surface area contributed by atoms with E-state index in [4.69, 9.17) is 14.2 Å². The Labute approximate surface area is 225 Å². The van der Waals surface area contributed by atoms with Crippen molar-refractivity contribution in [3.05, 3.63) is 96.1 Å². The topological polar surface area (TPSA) is 114 Å². The van der Waals surface area contributed by atoms with Gasteiger partial charge in [-0.15, -0.1) is 0 Å². The van der Waals surface area contributed by atoms with Crippen molar-refractivity contribution in [3.63, 3.8) is 0 Å². The van der Waals surface area contributed by atoms with Gasteiger partial charge in [-0.05, 0) is 42.0 Å². The Bertz CT molecular complexity index is 1350. The predicted octanol–water partition coefficient (Wildman–Crippen LogP) is 2.00. The van der Waals surface area contributed by atoms with Crippen LogP contribution >= 0.6 is 0 Å². The molecule has 10 nitrogen and oxygen atoms in total. The summed E-state index contributed by atoms with van der Waals surface area (Å²) in [7, 11) is 1.52. The first kappa shape index (κ1) is 25.8. The molecule has 3 aromatic rings. The van der Waals surface area contributed by atoms with Crippen molar-refractivity contribution in [2.75, 3.05) is 20.3 Å². The molecule has 3 amide bonds. The largest absolute Gasteiger partial charge is 0.497 e. The number of methoxy groups -OCH3 is 1. The van der Waals surface area contributed by atoms with Crippen molar-refractivity contribution in [1.82, 2.24) is 15.1 Å². The van der Waals surface area contributed by atoms with Crippen molar-refractivity contribution >= 4 is 23.7 Å². The van der Waals surface area contributed by atoms with Gasteiger partial charge >= 0.3 is 5.97 Å². The molecule has 2 saturated heterocycles. The quantitative estimate of drug-likeness (QED) is 0.333. The first-order valence-corrected chi connectivity index (χ1v) is 12.4. The number of hydrogen-bond acceptors (Lipinski definition) is 7. The van der Waals surface area contributed by atoms with Crippen LogP contribution in [0, 0.1) is 0 Å². The molecular formula is C29H27N3O7. The van der Waals surface area contributed by atoms with E-state index in [1.165, 1.54) is 16.9 Å². The molecule has 0 bridgehead atoms. The SMILES string of the molecule is COc1ccc(C(=O)N2CC3[C@H](NC(=O)COc4ccccc4)C(=O)N3C2C(=O)OCc2ccccc2)cc1. The summed E-state index contributed by atoms with van der Waals surface area (Å²) in [6, 6.07) is 22.9. The number of benzene rings is 3. The second-order valence-corrected chi connectivity index (χ2v) is 9.11. The number of rotatable bonds is 9. The van der Waals surface area contributed by atoms with Crippen LogP contribution in [0.1, 0.15) is 15.9 Å². The Morgan fingerprint density at radius 3 is 2.23 bits per heavy atom. The summed E-state index contributed by atoms with van der Waals surface area (Å²) in [4.78, 5) is 55.0. The number of nitrogens with one attached hydrogen (secondary N) is 1. The smallest absolute Gasteiger partial charge is 0.350 e. The van der Waals surface area contributed by atoms with Gasteiger partial charge in [-0.1, -0.05) is 48.5 Å². The molecule has 0 aliphatic carbocycles. The number of fused-ring (bicyclic) bond motifs is 1. The molecule has 2 heterocycles. The number of hydrogen-bond donors (Lipinski definition) is 1. The zero-order valence-corrected chi connectivity index (χ0v) is 21.2. The Morgan fingerprint density at radius 2 is 1.56 bits per heavy atom. The van der Waals surface area contributed by atoms with Gasteiger partial charge in [0.2, 0.25) is 12.1 Å². The highest BCUT2D eigenvalue weighted by Crippen LogP contribution is 2.34. The molecule has 39 heavy (non-hydrogen) atoms. The minimum atomic E-state index is -1.26. The normalized spacial score (nSPS) is 19.5.